The summed E-state index contributed by atoms with van der Waals surface area (Å²) in [5.41, 5.74) is 10.4. The summed E-state index contributed by atoms with van der Waals surface area (Å²) in [6.45, 7) is 0.466. The monoisotopic (exact) mass is 482 g/mol. The lowest BCUT2D eigenvalue weighted by molar-refractivity contribution is 0.279. The standard InChI is InChI=1S/C29H31FN6/c30-24-8-4-7-22(15-24)18-34-28-20-32-19-26(36-28)23-11-14-33-27(16-23)35-25-9-12-29(31,13-10-25)17-21-5-2-1-3-6-21/h1-8,11,14-16,19-20,25H,9-10,12-13,17-18,31H2,(H,33,35)(H,34,36). The highest BCUT2D eigenvalue weighted by Crippen LogP contribution is 2.31. The fourth-order valence-corrected chi connectivity index (χ4v) is 4.82. The first kappa shape index (κ1) is 23.9. The lowest BCUT2D eigenvalue weighted by Gasteiger charge is -2.37. The predicted molar refractivity (Wildman–Crippen MR) is 142 cm³/mol. The molecule has 6 nitrogen and oxygen atoms in total. The molecule has 0 aliphatic heterocycles. The van der Waals surface area contributed by atoms with Crippen LogP contribution in [0, 0.1) is 5.82 Å². The van der Waals surface area contributed by atoms with Crippen molar-refractivity contribution in [1.29, 1.82) is 0 Å². The zero-order valence-electron chi connectivity index (χ0n) is 20.2. The van der Waals surface area contributed by atoms with Crippen LogP contribution >= 0.6 is 0 Å². The molecule has 0 amide bonds. The number of hydrogen-bond acceptors (Lipinski definition) is 6. The molecule has 1 aliphatic carbocycles. The van der Waals surface area contributed by atoms with E-state index in [0.717, 1.165) is 54.7 Å². The molecule has 1 fully saturated rings. The second kappa shape index (κ2) is 10.8. The molecule has 1 aliphatic rings. The van der Waals surface area contributed by atoms with Crippen LogP contribution in [0.4, 0.5) is 16.0 Å². The van der Waals surface area contributed by atoms with Crippen LogP contribution in [0.25, 0.3) is 11.3 Å². The molecule has 0 spiro atoms. The Labute approximate surface area is 211 Å². The second-order valence-corrected chi connectivity index (χ2v) is 9.65. The third kappa shape index (κ3) is 6.23. The van der Waals surface area contributed by atoms with Crippen LogP contribution in [0.15, 0.2) is 85.3 Å². The third-order valence-electron chi connectivity index (χ3n) is 6.79. The number of nitrogens with zero attached hydrogens (tertiary/aromatic N) is 3. The van der Waals surface area contributed by atoms with Crippen LogP contribution in [-0.4, -0.2) is 26.5 Å². The Kier molecular flexibility index (Phi) is 7.18. The number of pyridine rings is 1. The topological polar surface area (TPSA) is 88.8 Å². The maximum absolute atomic E-state index is 13.4. The molecule has 4 N–H and O–H groups in total. The van der Waals surface area contributed by atoms with Crippen LogP contribution in [0.5, 0.6) is 0 Å². The molecular formula is C29H31FN6. The zero-order chi connectivity index (χ0) is 24.8. The van der Waals surface area contributed by atoms with Gasteiger partial charge in [-0.05, 0) is 67.5 Å². The van der Waals surface area contributed by atoms with E-state index in [4.69, 9.17) is 5.73 Å². The van der Waals surface area contributed by atoms with Crippen molar-refractivity contribution in [3.63, 3.8) is 0 Å². The van der Waals surface area contributed by atoms with Gasteiger partial charge in [0.1, 0.15) is 17.5 Å². The Balaban J connectivity index is 1.19. The van der Waals surface area contributed by atoms with Crippen LogP contribution in [0.1, 0.15) is 36.8 Å². The van der Waals surface area contributed by atoms with Crippen molar-refractivity contribution in [3.8, 4) is 11.3 Å². The summed E-state index contributed by atoms with van der Waals surface area (Å²) < 4.78 is 13.4. The van der Waals surface area contributed by atoms with E-state index < -0.39 is 0 Å². The lowest BCUT2D eigenvalue weighted by atomic mass is 9.76. The van der Waals surface area contributed by atoms with Gasteiger partial charge in [-0.25, -0.2) is 14.4 Å². The van der Waals surface area contributed by atoms with Gasteiger partial charge in [0, 0.05) is 29.9 Å². The number of rotatable bonds is 8. The molecule has 0 atom stereocenters. The van der Waals surface area contributed by atoms with Gasteiger partial charge in [-0.2, -0.15) is 0 Å². The Hall–Kier alpha value is -3.84. The third-order valence-corrected chi connectivity index (χ3v) is 6.79. The summed E-state index contributed by atoms with van der Waals surface area (Å²) in [4.78, 5) is 13.5. The number of aromatic nitrogens is 3. The quantitative estimate of drug-likeness (QED) is 0.304. The second-order valence-electron chi connectivity index (χ2n) is 9.65. The highest BCUT2D eigenvalue weighted by molar-refractivity contribution is 5.63. The number of benzene rings is 2. The Morgan fingerprint density at radius 3 is 2.53 bits per heavy atom. The molecule has 2 aromatic heterocycles. The minimum absolute atomic E-state index is 0.149. The molecule has 184 valence electrons. The number of nitrogens with one attached hydrogen (secondary N) is 2. The smallest absolute Gasteiger partial charge is 0.145 e. The first-order valence-electron chi connectivity index (χ1n) is 12.4. The van der Waals surface area contributed by atoms with Crippen LogP contribution in [-0.2, 0) is 13.0 Å². The van der Waals surface area contributed by atoms with Gasteiger partial charge in [-0.15, -0.1) is 0 Å². The van der Waals surface area contributed by atoms with Gasteiger partial charge in [-0.1, -0.05) is 42.5 Å². The molecule has 0 saturated heterocycles. The summed E-state index contributed by atoms with van der Waals surface area (Å²) in [7, 11) is 0. The van der Waals surface area contributed by atoms with E-state index in [1.165, 1.54) is 17.7 Å². The molecule has 0 bridgehead atoms. The van der Waals surface area contributed by atoms with E-state index >= 15 is 0 Å². The molecule has 4 aromatic rings. The molecule has 36 heavy (non-hydrogen) atoms. The number of halogens is 1. The van der Waals surface area contributed by atoms with Gasteiger partial charge in [0.05, 0.1) is 18.1 Å². The Morgan fingerprint density at radius 2 is 1.72 bits per heavy atom. The van der Waals surface area contributed by atoms with Crippen molar-refractivity contribution < 1.29 is 4.39 Å². The van der Waals surface area contributed by atoms with Gasteiger partial charge < -0.3 is 16.4 Å². The fraction of sp³-hybridized carbons (Fsp3) is 0.276. The number of hydrogen-bond donors (Lipinski definition) is 3. The van der Waals surface area contributed by atoms with Crippen LogP contribution < -0.4 is 16.4 Å². The molecule has 7 heteroatoms. The zero-order valence-corrected chi connectivity index (χ0v) is 20.2. The van der Waals surface area contributed by atoms with E-state index in [9.17, 15) is 4.39 Å². The molecule has 0 radical (unpaired) electrons. The van der Waals surface area contributed by atoms with Crippen molar-refractivity contribution in [2.75, 3.05) is 10.6 Å². The average molecular weight is 483 g/mol. The minimum Gasteiger partial charge on any atom is -0.367 e. The van der Waals surface area contributed by atoms with E-state index in [1.54, 1.807) is 24.7 Å². The number of nitrogens with two attached hydrogens (primary N) is 1. The van der Waals surface area contributed by atoms with Crippen molar-refractivity contribution >= 4 is 11.6 Å². The normalized spacial score (nSPS) is 19.6. The highest BCUT2D eigenvalue weighted by atomic mass is 19.1. The molecule has 5 rings (SSSR count). The van der Waals surface area contributed by atoms with E-state index in [2.05, 4.69) is 49.9 Å². The summed E-state index contributed by atoms with van der Waals surface area (Å²) >= 11 is 0. The predicted octanol–water partition coefficient (Wildman–Crippen LogP) is 5.58. The summed E-state index contributed by atoms with van der Waals surface area (Å²) in [5, 5.41) is 6.81. The Bertz CT molecular complexity index is 1290. The SMILES string of the molecule is NC1(Cc2ccccc2)CCC(Nc2cc(-c3cncc(NCc4cccc(F)c4)n3)ccn2)CC1. The number of anilines is 2. The maximum Gasteiger partial charge on any atom is 0.145 e. The Morgan fingerprint density at radius 1 is 0.917 bits per heavy atom. The van der Waals surface area contributed by atoms with Crippen LogP contribution in [0.2, 0.25) is 0 Å². The largest absolute Gasteiger partial charge is 0.367 e. The van der Waals surface area contributed by atoms with E-state index in [0.29, 0.717) is 18.4 Å². The summed E-state index contributed by atoms with van der Waals surface area (Å²) in [6, 6.07) is 21.3. The van der Waals surface area contributed by atoms with Crippen LogP contribution in [0.3, 0.4) is 0 Å². The molecule has 1 saturated carbocycles. The highest BCUT2D eigenvalue weighted by Gasteiger charge is 2.31. The molecule has 0 unspecified atom stereocenters. The van der Waals surface area contributed by atoms with Gasteiger partial charge in [0.2, 0.25) is 0 Å². The average Bonchev–Trinajstić information content (AvgIpc) is 2.90. The maximum atomic E-state index is 13.4. The van der Waals surface area contributed by atoms with Gasteiger partial charge in [0.15, 0.2) is 0 Å². The molecular weight excluding hydrogens is 451 g/mol. The van der Waals surface area contributed by atoms with Crippen molar-refractivity contribution in [2.45, 2.75) is 50.2 Å². The minimum atomic E-state index is -0.253. The van der Waals surface area contributed by atoms with Gasteiger partial charge in [0.25, 0.3) is 0 Å². The first-order chi connectivity index (χ1) is 17.5. The summed E-state index contributed by atoms with van der Waals surface area (Å²) in [6.07, 6.45) is 10.1. The van der Waals surface area contributed by atoms with Gasteiger partial charge in [-0.3, -0.25) is 4.98 Å². The van der Waals surface area contributed by atoms with Crippen molar-refractivity contribution in [1.82, 2.24) is 15.0 Å². The first-order valence-corrected chi connectivity index (χ1v) is 12.4. The van der Waals surface area contributed by atoms with E-state index in [-0.39, 0.29) is 11.4 Å². The molecule has 2 heterocycles. The van der Waals surface area contributed by atoms with Crippen molar-refractivity contribution in [2.24, 2.45) is 5.73 Å². The van der Waals surface area contributed by atoms with E-state index in [1.807, 2.05) is 24.3 Å². The summed E-state index contributed by atoms with van der Waals surface area (Å²) in [5.74, 6) is 1.20. The lowest BCUT2D eigenvalue weighted by Crippen LogP contribution is -2.47. The van der Waals surface area contributed by atoms with Crippen molar-refractivity contribution in [3.05, 3.63) is 102 Å². The fourth-order valence-electron chi connectivity index (χ4n) is 4.82. The van der Waals surface area contributed by atoms with Gasteiger partial charge >= 0.3 is 0 Å². The molecule has 2 aromatic carbocycles.